The Bertz CT molecular complexity index is 172. The molecular formula is C7H14N2O4. The first-order chi connectivity index (χ1) is 6.16. The van der Waals surface area contributed by atoms with Crippen LogP contribution < -0.4 is 11.2 Å². The van der Waals surface area contributed by atoms with E-state index in [2.05, 4.69) is 10.3 Å². The number of primary amides is 1. The Hall–Kier alpha value is -1.14. The smallest absolute Gasteiger partial charge is 0.246 e. The summed E-state index contributed by atoms with van der Waals surface area (Å²) in [6.07, 6.45) is 1.42. The van der Waals surface area contributed by atoms with Crippen molar-refractivity contribution in [3.63, 3.8) is 0 Å². The molecule has 0 atom stereocenters. The number of nitrogens with one attached hydrogen (secondary N) is 1. The first-order valence-electron chi connectivity index (χ1n) is 3.96. The van der Waals surface area contributed by atoms with E-state index < -0.39 is 5.91 Å². The van der Waals surface area contributed by atoms with Crippen LogP contribution in [0.1, 0.15) is 19.3 Å². The van der Waals surface area contributed by atoms with E-state index in [9.17, 15) is 9.59 Å². The summed E-state index contributed by atoms with van der Waals surface area (Å²) < 4.78 is 0. The molecule has 0 aromatic carbocycles. The van der Waals surface area contributed by atoms with Gasteiger partial charge in [0.2, 0.25) is 11.8 Å². The van der Waals surface area contributed by atoms with Crippen LogP contribution in [0.3, 0.4) is 0 Å². The van der Waals surface area contributed by atoms with E-state index >= 15 is 0 Å². The molecular weight excluding hydrogens is 176 g/mol. The second kappa shape index (κ2) is 7.51. The van der Waals surface area contributed by atoms with E-state index in [1.54, 1.807) is 0 Å². The lowest BCUT2D eigenvalue weighted by molar-refractivity contribution is -0.138. The van der Waals surface area contributed by atoms with Gasteiger partial charge in [0.15, 0.2) is 6.61 Å². The third-order valence-corrected chi connectivity index (χ3v) is 1.21. The van der Waals surface area contributed by atoms with E-state index in [4.69, 9.17) is 10.8 Å². The van der Waals surface area contributed by atoms with Crippen LogP contribution >= 0.6 is 0 Å². The van der Waals surface area contributed by atoms with Crippen molar-refractivity contribution in [1.29, 1.82) is 0 Å². The molecule has 0 saturated heterocycles. The molecule has 0 aromatic rings. The SMILES string of the molecule is NC(=O)CONC(=O)CCCCO. The highest BCUT2D eigenvalue weighted by Crippen LogP contribution is 1.93. The van der Waals surface area contributed by atoms with Crippen molar-refractivity contribution in [3.8, 4) is 0 Å². The van der Waals surface area contributed by atoms with E-state index in [1.165, 1.54) is 0 Å². The predicted molar refractivity (Wildman–Crippen MR) is 44.2 cm³/mol. The van der Waals surface area contributed by atoms with Crippen molar-refractivity contribution in [1.82, 2.24) is 5.48 Å². The molecule has 0 radical (unpaired) electrons. The van der Waals surface area contributed by atoms with Gasteiger partial charge in [0, 0.05) is 13.0 Å². The highest BCUT2D eigenvalue weighted by Gasteiger charge is 2.01. The zero-order chi connectivity index (χ0) is 10.1. The summed E-state index contributed by atoms with van der Waals surface area (Å²) in [5, 5.41) is 8.40. The maximum atomic E-state index is 10.8. The van der Waals surface area contributed by atoms with Gasteiger partial charge in [-0.1, -0.05) is 0 Å². The molecule has 76 valence electrons. The second-order valence-electron chi connectivity index (χ2n) is 2.46. The normalized spacial score (nSPS) is 9.62. The average Bonchev–Trinajstić information content (AvgIpc) is 2.04. The number of unbranched alkanes of at least 4 members (excludes halogenated alkanes) is 1. The molecule has 4 N–H and O–H groups in total. The predicted octanol–water partition coefficient (Wildman–Crippen LogP) is -1.32. The Kier molecular flexibility index (Phi) is 6.85. The van der Waals surface area contributed by atoms with Gasteiger partial charge in [-0.05, 0) is 12.8 Å². The molecule has 0 fully saturated rings. The summed E-state index contributed by atoms with van der Waals surface area (Å²) in [5.41, 5.74) is 6.80. The molecule has 0 aliphatic carbocycles. The number of carbonyl (C=O) groups excluding carboxylic acids is 2. The summed E-state index contributed by atoms with van der Waals surface area (Å²) in [6.45, 7) is -0.263. The quantitative estimate of drug-likeness (QED) is 0.342. The van der Waals surface area contributed by atoms with Gasteiger partial charge in [0.1, 0.15) is 0 Å². The van der Waals surface area contributed by atoms with E-state index in [-0.39, 0.29) is 25.5 Å². The molecule has 6 heteroatoms. The van der Waals surface area contributed by atoms with Gasteiger partial charge in [0.05, 0.1) is 0 Å². The van der Waals surface area contributed by atoms with Gasteiger partial charge >= 0.3 is 0 Å². The van der Waals surface area contributed by atoms with Gasteiger partial charge in [-0.15, -0.1) is 0 Å². The molecule has 2 amide bonds. The molecule has 6 nitrogen and oxygen atoms in total. The van der Waals surface area contributed by atoms with E-state index in [0.717, 1.165) is 0 Å². The van der Waals surface area contributed by atoms with Gasteiger partial charge in [-0.3, -0.25) is 14.4 Å². The number of aliphatic hydroxyl groups is 1. The molecule has 0 rings (SSSR count). The zero-order valence-corrected chi connectivity index (χ0v) is 7.28. The Morgan fingerprint density at radius 2 is 2.08 bits per heavy atom. The van der Waals surface area contributed by atoms with Crippen LogP contribution in [0.4, 0.5) is 0 Å². The molecule has 0 spiro atoms. The van der Waals surface area contributed by atoms with Crippen LogP contribution in [0, 0.1) is 0 Å². The van der Waals surface area contributed by atoms with Crippen LogP contribution in [0.5, 0.6) is 0 Å². The molecule has 0 aliphatic heterocycles. The second-order valence-corrected chi connectivity index (χ2v) is 2.46. The van der Waals surface area contributed by atoms with Crippen molar-refractivity contribution in [2.75, 3.05) is 13.2 Å². The first-order valence-corrected chi connectivity index (χ1v) is 3.96. The highest BCUT2D eigenvalue weighted by atomic mass is 16.7. The third kappa shape index (κ3) is 8.77. The summed E-state index contributed by atoms with van der Waals surface area (Å²) in [5.74, 6) is -0.967. The van der Waals surface area contributed by atoms with Gasteiger partial charge in [0.25, 0.3) is 0 Å². The zero-order valence-electron chi connectivity index (χ0n) is 7.28. The van der Waals surface area contributed by atoms with Gasteiger partial charge in [-0.2, -0.15) is 0 Å². The Balaban J connectivity index is 3.25. The van der Waals surface area contributed by atoms with Gasteiger partial charge in [-0.25, -0.2) is 5.48 Å². The number of hydrogen-bond acceptors (Lipinski definition) is 4. The Labute approximate surface area is 76.0 Å². The molecule has 0 bridgehead atoms. The standard InChI is InChI=1S/C7H14N2O4/c8-6(11)5-13-9-7(12)3-1-2-4-10/h10H,1-5H2,(H2,8,11)(H,9,12). The monoisotopic (exact) mass is 190 g/mol. The molecule has 0 unspecified atom stereocenters. The number of hydroxylamine groups is 1. The summed E-state index contributed by atoms with van der Waals surface area (Å²) in [4.78, 5) is 25.4. The number of amides is 2. The van der Waals surface area contributed by atoms with Crippen LogP contribution in [0.25, 0.3) is 0 Å². The molecule has 0 aromatic heterocycles. The van der Waals surface area contributed by atoms with Crippen molar-refractivity contribution in [3.05, 3.63) is 0 Å². The minimum absolute atomic E-state index is 0.0649. The van der Waals surface area contributed by atoms with Crippen molar-refractivity contribution in [2.45, 2.75) is 19.3 Å². The van der Waals surface area contributed by atoms with Gasteiger partial charge < -0.3 is 10.8 Å². The number of nitrogens with two attached hydrogens (primary N) is 1. The summed E-state index contributed by atoms with van der Waals surface area (Å²) >= 11 is 0. The molecule has 0 heterocycles. The Morgan fingerprint density at radius 3 is 2.62 bits per heavy atom. The lowest BCUT2D eigenvalue weighted by Gasteiger charge is -2.02. The van der Waals surface area contributed by atoms with E-state index in [1.807, 2.05) is 0 Å². The van der Waals surface area contributed by atoms with Crippen molar-refractivity contribution in [2.24, 2.45) is 5.73 Å². The highest BCUT2D eigenvalue weighted by molar-refractivity contribution is 5.76. The summed E-state index contributed by atoms with van der Waals surface area (Å²) in [6, 6.07) is 0. The largest absolute Gasteiger partial charge is 0.396 e. The maximum absolute atomic E-state index is 10.8. The van der Waals surface area contributed by atoms with Crippen LogP contribution in [-0.4, -0.2) is 30.1 Å². The van der Waals surface area contributed by atoms with Crippen LogP contribution in [0.15, 0.2) is 0 Å². The number of carbonyl (C=O) groups is 2. The van der Waals surface area contributed by atoms with Crippen LogP contribution in [-0.2, 0) is 14.4 Å². The summed E-state index contributed by atoms with van der Waals surface area (Å²) in [7, 11) is 0. The minimum Gasteiger partial charge on any atom is -0.396 e. The maximum Gasteiger partial charge on any atom is 0.246 e. The first kappa shape index (κ1) is 11.9. The number of aliphatic hydroxyl groups excluding tert-OH is 1. The fourth-order valence-corrected chi connectivity index (χ4v) is 0.636. The lowest BCUT2D eigenvalue weighted by atomic mass is 10.2. The lowest BCUT2D eigenvalue weighted by Crippen LogP contribution is -2.29. The number of hydrogen-bond donors (Lipinski definition) is 3. The van der Waals surface area contributed by atoms with E-state index in [0.29, 0.717) is 12.8 Å². The molecule has 0 saturated carbocycles. The number of rotatable bonds is 7. The Morgan fingerprint density at radius 1 is 1.38 bits per heavy atom. The van der Waals surface area contributed by atoms with Crippen LogP contribution in [0.2, 0.25) is 0 Å². The fourth-order valence-electron chi connectivity index (χ4n) is 0.636. The van der Waals surface area contributed by atoms with Crippen molar-refractivity contribution < 1.29 is 19.5 Å². The fraction of sp³-hybridized carbons (Fsp3) is 0.714. The minimum atomic E-state index is -0.643. The van der Waals surface area contributed by atoms with Crippen molar-refractivity contribution >= 4 is 11.8 Å². The molecule has 13 heavy (non-hydrogen) atoms. The topological polar surface area (TPSA) is 102 Å². The average molecular weight is 190 g/mol. The molecule has 0 aliphatic rings. The third-order valence-electron chi connectivity index (χ3n) is 1.21.